The van der Waals surface area contributed by atoms with Crippen LogP contribution in [0.4, 0.5) is 10.5 Å². The van der Waals surface area contributed by atoms with E-state index < -0.39 is 23.2 Å². The minimum Gasteiger partial charge on any atom is -0.468 e. The Morgan fingerprint density at radius 2 is 1.58 bits per heavy atom. The van der Waals surface area contributed by atoms with Crippen molar-refractivity contribution in [3.8, 4) is 0 Å². The third kappa shape index (κ3) is 7.10. The maximum absolute atomic E-state index is 14.0. The number of benzene rings is 2. The van der Waals surface area contributed by atoms with Crippen molar-refractivity contribution in [2.75, 3.05) is 25.5 Å². The molecule has 3 amide bonds. The number of hydrogen-bond acceptors (Lipinski definition) is 6. The molecule has 1 saturated heterocycles. The van der Waals surface area contributed by atoms with Crippen LogP contribution < -0.4 is 10.6 Å². The lowest BCUT2D eigenvalue weighted by molar-refractivity contribution is -0.143. The van der Waals surface area contributed by atoms with Gasteiger partial charge in [-0.3, -0.25) is 14.4 Å². The van der Waals surface area contributed by atoms with Crippen LogP contribution in [0.5, 0.6) is 0 Å². The van der Waals surface area contributed by atoms with Gasteiger partial charge in [0.25, 0.3) is 0 Å². The molecular weight excluding hydrogens is 606 g/mol. The number of amides is 3. The molecular formula is C39H51N3O6. The first-order chi connectivity index (χ1) is 22.9. The van der Waals surface area contributed by atoms with Crippen LogP contribution in [0.3, 0.4) is 0 Å². The molecule has 3 fully saturated rings. The second-order valence-corrected chi connectivity index (χ2v) is 15.5. The Morgan fingerprint density at radius 1 is 0.917 bits per heavy atom. The Bertz CT molecular complexity index is 1510. The van der Waals surface area contributed by atoms with Crippen molar-refractivity contribution < 1.29 is 28.7 Å². The molecule has 0 aromatic heterocycles. The van der Waals surface area contributed by atoms with Crippen molar-refractivity contribution in [1.29, 1.82) is 0 Å². The molecule has 9 heteroatoms. The molecule has 9 nitrogen and oxygen atoms in total. The number of carbonyl (C=O) groups excluding carboxylic acids is 4. The summed E-state index contributed by atoms with van der Waals surface area (Å²) in [4.78, 5) is 54.4. The highest BCUT2D eigenvalue weighted by molar-refractivity contribution is 5.92. The van der Waals surface area contributed by atoms with E-state index in [1.165, 1.54) is 24.7 Å². The predicted octanol–water partition coefficient (Wildman–Crippen LogP) is 6.74. The number of ether oxygens (including phenoxy) is 2. The summed E-state index contributed by atoms with van der Waals surface area (Å²) in [5.41, 5.74) is 2.90. The van der Waals surface area contributed by atoms with E-state index in [2.05, 4.69) is 28.8 Å². The lowest BCUT2D eigenvalue weighted by Crippen LogP contribution is -2.56. The van der Waals surface area contributed by atoms with Gasteiger partial charge in [0.05, 0.1) is 12.5 Å². The second kappa shape index (κ2) is 13.6. The van der Waals surface area contributed by atoms with Gasteiger partial charge < -0.3 is 25.0 Å². The van der Waals surface area contributed by atoms with Gasteiger partial charge in [0.15, 0.2) is 0 Å². The van der Waals surface area contributed by atoms with Crippen LogP contribution in [0.25, 0.3) is 0 Å². The van der Waals surface area contributed by atoms with Gasteiger partial charge in [-0.05, 0) is 112 Å². The molecule has 1 spiro atoms. The molecule has 6 rings (SSSR count). The molecule has 1 heterocycles. The highest BCUT2D eigenvalue weighted by atomic mass is 16.6. The summed E-state index contributed by atoms with van der Waals surface area (Å²) in [6.07, 6.45) is 9.08. The smallest absolute Gasteiger partial charge is 0.408 e. The summed E-state index contributed by atoms with van der Waals surface area (Å²) in [5, 5.41) is 6.04. The normalized spacial score (nSPS) is 21.9. The average molecular weight is 658 g/mol. The standard InChI is InChI=1S/C39H51N3O6/c1-37(2,3)48-36(46)41-33(26-10-6-5-7-11-26)34(44)42-22-20-38(21-23-42)25-27(30-12-8-9-13-31(30)38)24-32(43)40-29-16-14-28(15-17-29)39(18-19-39)35(45)47-4/h8-9,12-17,26-27,33H,5-7,10-11,18-25H2,1-4H3,(H,40,43)(H,41,46). The van der Waals surface area contributed by atoms with Gasteiger partial charge in [-0.2, -0.15) is 0 Å². The minimum absolute atomic E-state index is 0.00460. The molecule has 3 aliphatic carbocycles. The zero-order valence-corrected chi connectivity index (χ0v) is 28.9. The van der Waals surface area contributed by atoms with E-state index in [0.717, 1.165) is 63.4 Å². The van der Waals surface area contributed by atoms with Crippen molar-refractivity contribution in [1.82, 2.24) is 10.2 Å². The Balaban J connectivity index is 1.09. The Labute approximate surface area is 284 Å². The molecule has 4 aliphatic rings. The number of methoxy groups -OCH3 is 1. The topological polar surface area (TPSA) is 114 Å². The van der Waals surface area contributed by atoms with E-state index in [1.54, 1.807) is 0 Å². The lowest BCUT2D eigenvalue weighted by Gasteiger charge is -2.42. The molecule has 0 bridgehead atoms. The van der Waals surface area contributed by atoms with Crippen LogP contribution in [0.2, 0.25) is 0 Å². The number of piperidine rings is 1. The summed E-state index contributed by atoms with van der Waals surface area (Å²) in [6, 6.07) is 15.5. The highest BCUT2D eigenvalue weighted by Crippen LogP contribution is 2.53. The van der Waals surface area contributed by atoms with Crippen LogP contribution in [-0.2, 0) is 34.7 Å². The molecule has 258 valence electrons. The van der Waals surface area contributed by atoms with E-state index in [1.807, 2.05) is 56.0 Å². The van der Waals surface area contributed by atoms with Gasteiger partial charge in [-0.15, -0.1) is 0 Å². The summed E-state index contributed by atoms with van der Waals surface area (Å²) < 4.78 is 10.6. The number of nitrogens with zero attached hydrogens (tertiary/aromatic N) is 1. The van der Waals surface area contributed by atoms with Crippen LogP contribution in [0.1, 0.15) is 114 Å². The van der Waals surface area contributed by atoms with Crippen molar-refractivity contribution in [2.45, 2.75) is 120 Å². The number of anilines is 1. The first kappa shape index (κ1) is 34.0. The number of carbonyl (C=O) groups is 4. The van der Waals surface area contributed by atoms with Gasteiger partial charge in [-0.25, -0.2) is 4.79 Å². The SMILES string of the molecule is COC(=O)C1(c2ccc(NC(=O)CC3CC4(CCN(C(=O)C(NC(=O)OC(C)(C)C)C5CCCCC5)CC4)c4ccccc43)cc2)CC1. The summed E-state index contributed by atoms with van der Waals surface area (Å²) in [5.74, 6) is -0.0473. The Morgan fingerprint density at radius 3 is 2.21 bits per heavy atom. The quantitative estimate of drug-likeness (QED) is 0.304. The summed E-state index contributed by atoms with van der Waals surface area (Å²) >= 11 is 0. The third-order valence-electron chi connectivity index (χ3n) is 11.2. The highest BCUT2D eigenvalue weighted by Gasteiger charge is 2.52. The van der Waals surface area contributed by atoms with E-state index in [9.17, 15) is 19.2 Å². The molecule has 2 N–H and O–H groups in total. The number of esters is 1. The van der Waals surface area contributed by atoms with Crippen LogP contribution in [-0.4, -0.2) is 60.6 Å². The maximum Gasteiger partial charge on any atom is 0.408 e. The molecule has 48 heavy (non-hydrogen) atoms. The largest absolute Gasteiger partial charge is 0.468 e. The maximum atomic E-state index is 14.0. The van der Waals surface area contributed by atoms with Crippen LogP contribution >= 0.6 is 0 Å². The van der Waals surface area contributed by atoms with E-state index in [-0.39, 0.29) is 35.0 Å². The van der Waals surface area contributed by atoms with Gasteiger partial charge in [0.2, 0.25) is 11.8 Å². The number of rotatable bonds is 8. The second-order valence-electron chi connectivity index (χ2n) is 15.5. The molecule has 2 atom stereocenters. The fourth-order valence-electron chi connectivity index (χ4n) is 8.56. The fourth-order valence-corrected chi connectivity index (χ4v) is 8.56. The molecule has 2 saturated carbocycles. The first-order valence-corrected chi connectivity index (χ1v) is 17.8. The van der Waals surface area contributed by atoms with Crippen LogP contribution in [0.15, 0.2) is 48.5 Å². The van der Waals surface area contributed by atoms with Crippen LogP contribution in [0, 0.1) is 5.92 Å². The van der Waals surface area contributed by atoms with Gasteiger partial charge in [0.1, 0.15) is 11.6 Å². The molecule has 2 aromatic carbocycles. The Kier molecular flexibility index (Phi) is 9.60. The lowest BCUT2D eigenvalue weighted by atomic mass is 9.73. The number of fused-ring (bicyclic) bond motifs is 2. The van der Waals surface area contributed by atoms with E-state index in [0.29, 0.717) is 25.2 Å². The third-order valence-corrected chi connectivity index (χ3v) is 11.2. The number of hydrogen-bond donors (Lipinski definition) is 2. The van der Waals surface area contributed by atoms with Gasteiger partial charge >= 0.3 is 12.1 Å². The molecule has 1 aliphatic heterocycles. The predicted molar refractivity (Wildman–Crippen MR) is 184 cm³/mol. The fraction of sp³-hybridized carbons (Fsp3) is 0.590. The van der Waals surface area contributed by atoms with E-state index >= 15 is 0 Å². The number of alkyl carbamates (subject to hydrolysis) is 1. The molecule has 2 aromatic rings. The molecule has 0 radical (unpaired) electrons. The average Bonchev–Trinajstić information content (AvgIpc) is 3.83. The number of nitrogens with one attached hydrogen (secondary N) is 2. The van der Waals surface area contributed by atoms with Crippen molar-refractivity contribution in [3.05, 3.63) is 65.2 Å². The zero-order valence-electron chi connectivity index (χ0n) is 28.9. The zero-order chi connectivity index (χ0) is 34.1. The van der Waals surface area contributed by atoms with E-state index in [4.69, 9.17) is 9.47 Å². The van der Waals surface area contributed by atoms with Crippen molar-refractivity contribution in [2.24, 2.45) is 5.92 Å². The Hall–Kier alpha value is -3.88. The summed E-state index contributed by atoms with van der Waals surface area (Å²) in [6.45, 7) is 6.73. The van der Waals surface area contributed by atoms with Gasteiger partial charge in [0, 0.05) is 25.2 Å². The van der Waals surface area contributed by atoms with Crippen molar-refractivity contribution >= 4 is 29.6 Å². The minimum atomic E-state index is -0.638. The monoisotopic (exact) mass is 657 g/mol. The van der Waals surface area contributed by atoms with Gasteiger partial charge in [-0.1, -0.05) is 55.7 Å². The molecule has 2 unspecified atom stereocenters. The first-order valence-electron chi connectivity index (χ1n) is 17.8. The summed E-state index contributed by atoms with van der Waals surface area (Å²) in [7, 11) is 1.42. The number of likely N-dealkylation sites (tertiary alicyclic amines) is 1. The van der Waals surface area contributed by atoms with Crippen molar-refractivity contribution in [3.63, 3.8) is 0 Å².